The van der Waals surface area contributed by atoms with Gasteiger partial charge in [0.25, 0.3) is 0 Å². The van der Waals surface area contributed by atoms with Crippen LogP contribution < -0.4 is 11.1 Å². The summed E-state index contributed by atoms with van der Waals surface area (Å²) in [5.74, 6) is -2.20. The van der Waals surface area contributed by atoms with Crippen LogP contribution in [0.4, 0.5) is 14.5 Å². The normalized spacial score (nSPS) is 11.4. The molecule has 0 aliphatic heterocycles. The Balaban J connectivity index is 2.86. The van der Waals surface area contributed by atoms with Crippen LogP contribution in [0.2, 0.25) is 5.02 Å². The third-order valence-corrected chi connectivity index (χ3v) is 2.19. The summed E-state index contributed by atoms with van der Waals surface area (Å²) < 4.78 is 26.1. The Labute approximate surface area is 103 Å². The summed E-state index contributed by atoms with van der Waals surface area (Å²) in [6.45, 7) is 3.32. The molecule has 0 radical (unpaired) electrons. The molecule has 6 heteroatoms. The van der Waals surface area contributed by atoms with E-state index in [1.807, 2.05) is 0 Å². The average molecular weight is 263 g/mol. The van der Waals surface area contributed by atoms with Crippen molar-refractivity contribution < 1.29 is 13.6 Å². The van der Waals surface area contributed by atoms with Crippen LogP contribution in [-0.4, -0.2) is 11.4 Å². The topological polar surface area (TPSA) is 55.1 Å². The van der Waals surface area contributed by atoms with Crippen molar-refractivity contribution in [1.29, 1.82) is 0 Å². The lowest BCUT2D eigenvalue weighted by atomic mass is 10.0. The lowest BCUT2D eigenvalue weighted by molar-refractivity contribution is -0.117. The molecule has 0 saturated carbocycles. The number of rotatable bonds is 3. The molecule has 0 aliphatic rings. The second-order valence-corrected chi connectivity index (χ2v) is 4.87. The first-order valence-electron chi connectivity index (χ1n) is 4.92. The van der Waals surface area contributed by atoms with Crippen LogP contribution in [0.5, 0.6) is 0 Å². The van der Waals surface area contributed by atoms with Crippen molar-refractivity contribution in [3.8, 4) is 0 Å². The molecule has 0 fully saturated rings. The first-order chi connectivity index (χ1) is 7.69. The van der Waals surface area contributed by atoms with Crippen LogP contribution >= 0.6 is 11.6 Å². The smallest absolute Gasteiger partial charge is 0.226 e. The maximum atomic E-state index is 13.3. The molecule has 3 N–H and O–H groups in total. The van der Waals surface area contributed by atoms with Crippen LogP contribution in [0.1, 0.15) is 20.3 Å². The number of hydrogen-bond donors (Lipinski definition) is 2. The quantitative estimate of drug-likeness (QED) is 0.880. The minimum Gasteiger partial charge on any atom is -0.325 e. The van der Waals surface area contributed by atoms with Gasteiger partial charge in [-0.2, -0.15) is 0 Å². The first-order valence-corrected chi connectivity index (χ1v) is 5.30. The van der Waals surface area contributed by atoms with Crippen molar-refractivity contribution in [3.63, 3.8) is 0 Å². The molecule has 0 atom stereocenters. The lowest BCUT2D eigenvalue weighted by Gasteiger charge is -2.18. The van der Waals surface area contributed by atoms with Gasteiger partial charge in [-0.25, -0.2) is 8.78 Å². The number of halogens is 3. The molecule has 1 amide bonds. The monoisotopic (exact) mass is 262 g/mol. The van der Waals surface area contributed by atoms with Gasteiger partial charge in [0, 0.05) is 18.0 Å². The van der Waals surface area contributed by atoms with Crippen LogP contribution in [-0.2, 0) is 4.79 Å². The summed E-state index contributed by atoms with van der Waals surface area (Å²) in [4.78, 5) is 11.5. The second kappa shape index (κ2) is 4.98. The number of nitrogens with two attached hydrogens (primary N) is 1. The molecule has 0 heterocycles. The zero-order valence-electron chi connectivity index (χ0n) is 9.48. The highest BCUT2D eigenvalue weighted by Gasteiger charge is 2.19. The maximum Gasteiger partial charge on any atom is 0.226 e. The Kier molecular flexibility index (Phi) is 4.06. The largest absolute Gasteiger partial charge is 0.325 e. The molecule has 0 aliphatic carbocycles. The van der Waals surface area contributed by atoms with E-state index in [-0.39, 0.29) is 17.1 Å². The fourth-order valence-electron chi connectivity index (χ4n) is 1.26. The molecule has 0 saturated heterocycles. The summed E-state index contributed by atoms with van der Waals surface area (Å²) in [5, 5.41) is 2.08. The van der Waals surface area contributed by atoms with E-state index in [0.717, 1.165) is 6.07 Å². The molecular formula is C11H13ClF2N2O. The number of carbonyl (C=O) groups excluding carboxylic acids is 1. The van der Waals surface area contributed by atoms with E-state index in [9.17, 15) is 13.6 Å². The van der Waals surface area contributed by atoms with Gasteiger partial charge in [-0.05, 0) is 19.9 Å². The standard InChI is InChI=1S/C11H13ClF2N2O/c1-11(2,15)5-9(17)16-10-7(12)3-6(13)4-8(10)14/h3-4H,5,15H2,1-2H3,(H,16,17). The van der Waals surface area contributed by atoms with Crippen molar-refractivity contribution in [3.05, 3.63) is 28.8 Å². The predicted molar refractivity (Wildman–Crippen MR) is 62.9 cm³/mol. The van der Waals surface area contributed by atoms with E-state index >= 15 is 0 Å². The molecule has 94 valence electrons. The number of amides is 1. The zero-order valence-corrected chi connectivity index (χ0v) is 10.2. The fourth-order valence-corrected chi connectivity index (χ4v) is 1.50. The van der Waals surface area contributed by atoms with Gasteiger partial charge in [0.05, 0.1) is 10.7 Å². The number of benzene rings is 1. The van der Waals surface area contributed by atoms with Gasteiger partial charge in [-0.15, -0.1) is 0 Å². The van der Waals surface area contributed by atoms with Crippen molar-refractivity contribution in [2.24, 2.45) is 5.73 Å². The molecule has 0 bridgehead atoms. The Hall–Kier alpha value is -1.20. The van der Waals surface area contributed by atoms with Gasteiger partial charge in [-0.3, -0.25) is 4.79 Å². The summed E-state index contributed by atoms with van der Waals surface area (Å²) in [7, 11) is 0. The van der Waals surface area contributed by atoms with E-state index in [1.54, 1.807) is 13.8 Å². The van der Waals surface area contributed by atoms with Gasteiger partial charge in [-0.1, -0.05) is 11.6 Å². The van der Waals surface area contributed by atoms with E-state index in [2.05, 4.69) is 5.32 Å². The minimum absolute atomic E-state index is 0.000144. The Bertz CT molecular complexity index is 421. The van der Waals surface area contributed by atoms with Gasteiger partial charge >= 0.3 is 0 Å². The van der Waals surface area contributed by atoms with Gasteiger partial charge in [0.1, 0.15) is 5.82 Å². The Morgan fingerprint density at radius 1 is 1.47 bits per heavy atom. The fraction of sp³-hybridized carbons (Fsp3) is 0.364. The Morgan fingerprint density at radius 3 is 2.53 bits per heavy atom. The van der Waals surface area contributed by atoms with Crippen molar-refractivity contribution in [2.45, 2.75) is 25.8 Å². The van der Waals surface area contributed by atoms with Crippen LogP contribution in [0, 0.1) is 11.6 Å². The van der Waals surface area contributed by atoms with Gasteiger partial charge in [0.2, 0.25) is 5.91 Å². The SMILES string of the molecule is CC(C)(N)CC(=O)Nc1c(F)cc(F)cc1Cl. The second-order valence-electron chi connectivity index (χ2n) is 4.46. The van der Waals surface area contributed by atoms with Crippen molar-refractivity contribution >= 4 is 23.2 Å². The van der Waals surface area contributed by atoms with E-state index in [1.165, 1.54) is 0 Å². The predicted octanol–water partition coefficient (Wildman–Crippen LogP) is 2.68. The van der Waals surface area contributed by atoms with E-state index in [0.29, 0.717) is 6.07 Å². The number of anilines is 1. The van der Waals surface area contributed by atoms with Crippen LogP contribution in [0.3, 0.4) is 0 Å². The third-order valence-electron chi connectivity index (χ3n) is 1.89. The van der Waals surface area contributed by atoms with Gasteiger partial charge in [0.15, 0.2) is 5.82 Å². The summed E-state index contributed by atoms with van der Waals surface area (Å²) in [6, 6.07) is 1.57. The number of carbonyl (C=O) groups is 1. The zero-order chi connectivity index (χ0) is 13.2. The van der Waals surface area contributed by atoms with Gasteiger partial charge < -0.3 is 11.1 Å². The molecule has 1 rings (SSSR count). The van der Waals surface area contributed by atoms with E-state index in [4.69, 9.17) is 17.3 Å². The maximum absolute atomic E-state index is 13.3. The number of hydrogen-bond acceptors (Lipinski definition) is 2. The van der Waals surface area contributed by atoms with Crippen LogP contribution in [0.25, 0.3) is 0 Å². The Morgan fingerprint density at radius 2 is 2.06 bits per heavy atom. The van der Waals surface area contributed by atoms with Crippen molar-refractivity contribution in [1.82, 2.24) is 0 Å². The lowest BCUT2D eigenvalue weighted by Crippen LogP contribution is -2.36. The molecule has 0 aromatic heterocycles. The van der Waals surface area contributed by atoms with Crippen LogP contribution in [0.15, 0.2) is 12.1 Å². The van der Waals surface area contributed by atoms with Crippen molar-refractivity contribution in [2.75, 3.05) is 5.32 Å². The summed E-state index contributed by atoms with van der Waals surface area (Å²) in [5.41, 5.74) is 4.69. The molecular weight excluding hydrogens is 250 g/mol. The van der Waals surface area contributed by atoms with E-state index < -0.39 is 23.1 Å². The molecule has 0 unspecified atom stereocenters. The molecule has 3 nitrogen and oxygen atoms in total. The minimum atomic E-state index is -0.918. The average Bonchev–Trinajstić information content (AvgIpc) is 2.08. The summed E-state index contributed by atoms with van der Waals surface area (Å²) in [6.07, 6.45) is 0.000144. The third kappa shape index (κ3) is 4.28. The summed E-state index contributed by atoms with van der Waals surface area (Å²) >= 11 is 5.62. The highest BCUT2D eigenvalue weighted by molar-refractivity contribution is 6.33. The number of nitrogens with one attached hydrogen (secondary N) is 1. The molecule has 17 heavy (non-hydrogen) atoms. The molecule has 1 aromatic carbocycles. The first kappa shape index (κ1) is 13.9. The highest BCUT2D eigenvalue weighted by atomic mass is 35.5. The molecule has 1 aromatic rings. The molecule has 0 spiro atoms. The highest BCUT2D eigenvalue weighted by Crippen LogP contribution is 2.26.